The first kappa shape index (κ1) is 12.0. The van der Waals surface area contributed by atoms with Crippen molar-refractivity contribution in [3.05, 3.63) is 42.0 Å². The zero-order valence-corrected chi connectivity index (χ0v) is 11.3. The summed E-state index contributed by atoms with van der Waals surface area (Å²) < 4.78 is 16.1. The molecule has 3 aromatic rings. The number of hydrogen-bond donors (Lipinski definition) is 0. The third-order valence-corrected chi connectivity index (χ3v) is 3.52. The van der Waals surface area contributed by atoms with Gasteiger partial charge in [0.25, 0.3) is 0 Å². The van der Waals surface area contributed by atoms with E-state index in [1.165, 1.54) is 6.92 Å². The second-order valence-electron chi connectivity index (χ2n) is 4.87. The number of benzene rings is 2. The summed E-state index contributed by atoms with van der Waals surface area (Å²) in [6.07, 6.45) is 0. The topological polar surface area (TPSA) is 61.6 Å². The zero-order chi connectivity index (χ0) is 14.4. The molecule has 5 nitrogen and oxygen atoms in total. The van der Waals surface area contributed by atoms with E-state index in [2.05, 4.69) is 5.16 Å². The molecule has 0 saturated heterocycles. The minimum absolute atomic E-state index is 0.00902. The predicted molar refractivity (Wildman–Crippen MR) is 75.6 cm³/mol. The molecule has 2 heterocycles. The van der Waals surface area contributed by atoms with Gasteiger partial charge in [0.1, 0.15) is 5.52 Å². The van der Waals surface area contributed by atoms with E-state index in [0.29, 0.717) is 28.3 Å². The van der Waals surface area contributed by atoms with Crippen molar-refractivity contribution in [2.75, 3.05) is 6.79 Å². The Morgan fingerprint density at radius 2 is 1.95 bits per heavy atom. The molecule has 0 N–H and O–H groups in total. The summed E-state index contributed by atoms with van der Waals surface area (Å²) in [5.41, 5.74) is 2.18. The maximum absolute atomic E-state index is 11.5. The molecule has 1 aromatic heterocycles. The zero-order valence-electron chi connectivity index (χ0n) is 11.3. The van der Waals surface area contributed by atoms with Crippen LogP contribution < -0.4 is 9.47 Å². The first-order valence-corrected chi connectivity index (χ1v) is 6.53. The summed E-state index contributed by atoms with van der Waals surface area (Å²) in [6.45, 7) is 1.76. The molecule has 0 spiro atoms. The fraction of sp³-hybridized carbons (Fsp3) is 0.125. The predicted octanol–water partition coefficient (Wildman–Crippen LogP) is 3.43. The molecule has 0 radical (unpaired) electrons. The van der Waals surface area contributed by atoms with Crippen LogP contribution in [0, 0.1) is 0 Å². The van der Waals surface area contributed by atoms with E-state index in [4.69, 9.17) is 14.0 Å². The molecule has 2 aromatic carbocycles. The van der Waals surface area contributed by atoms with E-state index in [0.717, 1.165) is 10.9 Å². The molecule has 4 rings (SSSR count). The second-order valence-corrected chi connectivity index (χ2v) is 4.87. The summed E-state index contributed by atoms with van der Waals surface area (Å²) in [4.78, 5) is 11.5. The molecular weight excluding hydrogens is 270 g/mol. The number of ketones is 1. The quantitative estimate of drug-likeness (QED) is 0.673. The smallest absolute Gasteiger partial charge is 0.231 e. The molecule has 0 bridgehead atoms. The highest BCUT2D eigenvalue weighted by atomic mass is 16.7. The van der Waals surface area contributed by atoms with E-state index < -0.39 is 0 Å². The Morgan fingerprint density at radius 3 is 2.81 bits per heavy atom. The van der Waals surface area contributed by atoms with Crippen molar-refractivity contribution in [2.45, 2.75) is 6.92 Å². The molecule has 0 amide bonds. The Morgan fingerprint density at radius 1 is 1.10 bits per heavy atom. The fourth-order valence-corrected chi connectivity index (χ4v) is 2.41. The van der Waals surface area contributed by atoms with Crippen molar-refractivity contribution < 1.29 is 18.8 Å². The maximum Gasteiger partial charge on any atom is 0.231 e. The lowest BCUT2D eigenvalue weighted by Gasteiger charge is -2.00. The highest BCUT2D eigenvalue weighted by Crippen LogP contribution is 2.38. The molecule has 1 aliphatic rings. The van der Waals surface area contributed by atoms with Gasteiger partial charge in [-0.05, 0) is 43.3 Å². The fourth-order valence-electron chi connectivity index (χ4n) is 2.41. The van der Waals surface area contributed by atoms with Crippen LogP contribution in [0.3, 0.4) is 0 Å². The van der Waals surface area contributed by atoms with Crippen LogP contribution in [0.25, 0.3) is 22.2 Å². The van der Waals surface area contributed by atoms with Crippen LogP contribution in [-0.4, -0.2) is 17.7 Å². The van der Waals surface area contributed by atoms with Crippen molar-refractivity contribution in [1.82, 2.24) is 5.16 Å². The van der Waals surface area contributed by atoms with Crippen LogP contribution in [0.5, 0.6) is 11.5 Å². The molecule has 5 heteroatoms. The number of carbonyl (C=O) groups is 1. The molecule has 21 heavy (non-hydrogen) atoms. The van der Waals surface area contributed by atoms with Gasteiger partial charge in [-0.1, -0.05) is 5.16 Å². The normalized spacial score (nSPS) is 12.8. The van der Waals surface area contributed by atoms with E-state index in [-0.39, 0.29) is 12.6 Å². The van der Waals surface area contributed by atoms with Gasteiger partial charge in [0, 0.05) is 11.1 Å². The van der Waals surface area contributed by atoms with E-state index in [1.807, 2.05) is 18.2 Å². The summed E-state index contributed by atoms with van der Waals surface area (Å²) in [6, 6.07) is 10.9. The van der Waals surface area contributed by atoms with Crippen molar-refractivity contribution in [1.29, 1.82) is 0 Å². The number of Topliss-reactive ketones (excluding diaryl/α,β-unsaturated/α-hetero) is 1. The number of carbonyl (C=O) groups excluding carboxylic acids is 1. The molecule has 104 valence electrons. The lowest BCUT2D eigenvalue weighted by Crippen LogP contribution is -1.92. The summed E-state index contributed by atoms with van der Waals surface area (Å²) in [7, 11) is 0. The first-order chi connectivity index (χ1) is 10.2. The van der Waals surface area contributed by atoms with Crippen molar-refractivity contribution in [2.24, 2.45) is 0 Å². The van der Waals surface area contributed by atoms with Crippen LogP contribution in [-0.2, 0) is 0 Å². The maximum atomic E-state index is 11.5. The SMILES string of the molecule is CC(=O)c1ccc2noc(-c3ccc4c(c3)OCO4)c2c1. The summed E-state index contributed by atoms with van der Waals surface area (Å²) in [5.74, 6) is 2.02. The Hall–Kier alpha value is -2.82. The molecule has 1 aliphatic heterocycles. The minimum Gasteiger partial charge on any atom is -0.454 e. The molecule has 0 saturated carbocycles. The van der Waals surface area contributed by atoms with Gasteiger partial charge in [-0.25, -0.2) is 0 Å². The average Bonchev–Trinajstić information content (AvgIpc) is 3.12. The highest BCUT2D eigenvalue weighted by molar-refractivity contribution is 6.01. The third kappa shape index (κ3) is 1.86. The van der Waals surface area contributed by atoms with Crippen LogP contribution in [0.15, 0.2) is 40.9 Å². The molecule has 0 atom stereocenters. The van der Waals surface area contributed by atoms with E-state index >= 15 is 0 Å². The van der Waals surface area contributed by atoms with Gasteiger partial charge in [-0.15, -0.1) is 0 Å². The monoisotopic (exact) mass is 281 g/mol. The lowest BCUT2D eigenvalue weighted by atomic mass is 10.0. The van der Waals surface area contributed by atoms with Crippen molar-refractivity contribution in [3.8, 4) is 22.8 Å². The molecule has 0 unspecified atom stereocenters. The Kier molecular flexibility index (Phi) is 2.47. The summed E-state index contributed by atoms with van der Waals surface area (Å²) >= 11 is 0. The van der Waals surface area contributed by atoms with E-state index in [1.54, 1.807) is 18.2 Å². The highest BCUT2D eigenvalue weighted by Gasteiger charge is 2.18. The number of nitrogens with zero attached hydrogens (tertiary/aromatic N) is 1. The summed E-state index contributed by atoms with van der Waals surface area (Å²) in [5, 5.41) is 4.84. The molecule has 0 fully saturated rings. The number of ether oxygens (including phenoxy) is 2. The molecular formula is C16H11NO4. The average molecular weight is 281 g/mol. The van der Waals surface area contributed by atoms with Crippen LogP contribution in [0.1, 0.15) is 17.3 Å². The second kappa shape index (κ2) is 4.34. The van der Waals surface area contributed by atoms with Gasteiger partial charge in [0.2, 0.25) is 6.79 Å². The minimum atomic E-state index is 0.00902. The van der Waals surface area contributed by atoms with Gasteiger partial charge in [0.05, 0.1) is 5.39 Å². The lowest BCUT2D eigenvalue weighted by molar-refractivity contribution is 0.101. The first-order valence-electron chi connectivity index (χ1n) is 6.53. The Bertz CT molecular complexity index is 866. The van der Waals surface area contributed by atoms with Gasteiger partial charge in [-0.2, -0.15) is 0 Å². The molecule has 0 aliphatic carbocycles. The standard InChI is InChI=1S/C16H11NO4/c1-9(18)10-2-4-13-12(6-10)16(21-17-13)11-3-5-14-15(7-11)20-8-19-14/h2-7H,8H2,1H3. The van der Waals surface area contributed by atoms with Gasteiger partial charge in [-0.3, -0.25) is 4.79 Å². The third-order valence-electron chi connectivity index (χ3n) is 3.52. The number of fused-ring (bicyclic) bond motifs is 2. The Labute approximate surface area is 120 Å². The van der Waals surface area contributed by atoms with Crippen molar-refractivity contribution >= 4 is 16.7 Å². The van der Waals surface area contributed by atoms with Crippen LogP contribution in [0.2, 0.25) is 0 Å². The number of rotatable bonds is 2. The van der Waals surface area contributed by atoms with Gasteiger partial charge in [0.15, 0.2) is 23.0 Å². The van der Waals surface area contributed by atoms with Crippen LogP contribution in [0.4, 0.5) is 0 Å². The van der Waals surface area contributed by atoms with Gasteiger partial charge >= 0.3 is 0 Å². The Balaban J connectivity index is 1.90. The van der Waals surface area contributed by atoms with E-state index in [9.17, 15) is 4.79 Å². The van der Waals surface area contributed by atoms with Crippen LogP contribution >= 0.6 is 0 Å². The van der Waals surface area contributed by atoms with Gasteiger partial charge < -0.3 is 14.0 Å². The number of hydrogen-bond acceptors (Lipinski definition) is 5. The largest absolute Gasteiger partial charge is 0.454 e. The van der Waals surface area contributed by atoms with Crippen molar-refractivity contribution in [3.63, 3.8) is 0 Å². The number of aromatic nitrogens is 1.